The van der Waals surface area contributed by atoms with E-state index in [0.29, 0.717) is 6.04 Å². The monoisotopic (exact) mass is 255 g/mol. The van der Waals surface area contributed by atoms with Gasteiger partial charge in [0.1, 0.15) is 0 Å². The lowest BCUT2D eigenvalue weighted by Gasteiger charge is -2.30. The summed E-state index contributed by atoms with van der Waals surface area (Å²) in [5.74, 6) is 0.266. The van der Waals surface area contributed by atoms with Gasteiger partial charge >= 0.3 is 0 Å². The van der Waals surface area contributed by atoms with Gasteiger partial charge < -0.3 is 15.1 Å². The lowest BCUT2D eigenvalue weighted by Crippen LogP contribution is -2.48. The maximum absolute atomic E-state index is 12.2. The van der Waals surface area contributed by atoms with Crippen LogP contribution in [0.3, 0.4) is 0 Å². The highest BCUT2D eigenvalue weighted by Gasteiger charge is 2.21. The highest BCUT2D eigenvalue weighted by atomic mass is 16.2. The van der Waals surface area contributed by atoms with Crippen LogP contribution in [0.1, 0.15) is 40.0 Å². The highest BCUT2D eigenvalue weighted by molar-refractivity contribution is 5.81. The minimum atomic E-state index is -0.0522. The molecular formula is C14H29N3O. The molecule has 1 heterocycles. The van der Waals surface area contributed by atoms with Crippen molar-refractivity contribution in [3.63, 3.8) is 0 Å². The molecule has 18 heavy (non-hydrogen) atoms. The Hall–Kier alpha value is -0.610. The third-order valence-electron chi connectivity index (χ3n) is 3.83. The van der Waals surface area contributed by atoms with Crippen molar-refractivity contribution >= 4 is 5.91 Å². The average molecular weight is 255 g/mol. The zero-order valence-electron chi connectivity index (χ0n) is 12.4. The molecule has 4 heteroatoms. The number of hydrogen-bond acceptors (Lipinski definition) is 3. The molecule has 0 radical (unpaired) electrons. The quantitative estimate of drug-likeness (QED) is 0.777. The molecular weight excluding hydrogens is 226 g/mol. The van der Waals surface area contributed by atoms with Gasteiger partial charge in [0.25, 0.3) is 0 Å². The van der Waals surface area contributed by atoms with E-state index in [-0.39, 0.29) is 11.9 Å². The molecule has 1 atom stereocenters. The van der Waals surface area contributed by atoms with E-state index in [1.807, 2.05) is 11.8 Å². The van der Waals surface area contributed by atoms with Gasteiger partial charge in [-0.15, -0.1) is 0 Å². The summed E-state index contributed by atoms with van der Waals surface area (Å²) < 4.78 is 0. The molecule has 1 rings (SSSR count). The van der Waals surface area contributed by atoms with Gasteiger partial charge in [-0.1, -0.05) is 0 Å². The largest absolute Gasteiger partial charge is 0.341 e. The van der Waals surface area contributed by atoms with Crippen LogP contribution in [-0.4, -0.2) is 61.0 Å². The van der Waals surface area contributed by atoms with Crippen molar-refractivity contribution in [2.75, 3.05) is 33.2 Å². The van der Waals surface area contributed by atoms with E-state index in [1.165, 1.54) is 6.42 Å². The van der Waals surface area contributed by atoms with Crippen LogP contribution in [0.15, 0.2) is 0 Å². The number of carbonyl (C=O) groups excluding carboxylic acids is 1. The Morgan fingerprint density at radius 1 is 1.22 bits per heavy atom. The number of nitrogens with zero attached hydrogens (tertiary/aromatic N) is 2. The van der Waals surface area contributed by atoms with Gasteiger partial charge in [0, 0.05) is 32.2 Å². The van der Waals surface area contributed by atoms with Gasteiger partial charge in [-0.05, 0) is 47.1 Å². The predicted molar refractivity (Wildman–Crippen MR) is 75.7 cm³/mol. The molecule has 0 aliphatic carbocycles. The first-order valence-corrected chi connectivity index (χ1v) is 7.24. The molecule has 1 amide bonds. The summed E-state index contributed by atoms with van der Waals surface area (Å²) >= 11 is 0. The van der Waals surface area contributed by atoms with Gasteiger partial charge in [0.05, 0.1) is 6.04 Å². The summed E-state index contributed by atoms with van der Waals surface area (Å²) in [6.07, 6.45) is 3.59. The summed E-state index contributed by atoms with van der Waals surface area (Å²) in [4.78, 5) is 16.4. The second-order valence-corrected chi connectivity index (χ2v) is 5.64. The zero-order chi connectivity index (χ0) is 13.5. The first-order valence-electron chi connectivity index (χ1n) is 7.24. The maximum Gasteiger partial charge on any atom is 0.239 e. The van der Waals surface area contributed by atoms with E-state index in [0.717, 1.165) is 39.0 Å². The smallest absolute Gasteiger partial charge is 0.239 e. The number of likely N-dealkylation sites (N-methyl/N-ethyl adjacent to an activating group) is 1. The standard InChI is InChI=1S/C14H29N3O/c1-12(2)16(4)11-8-15-13(3)14(18)17-9-6-5-7-10-17/h12-13,15H,5-11H2,1-4H3. The predicted octanol–water partition coefficient (Wildman–Crippen LogP) is 1.32. The van der Waals surface area contributed by atoms with Crippen LogP contribution in [0.25, 0.3) is 0 Å². The lowest BCUT2D eigenvalue weighted by atomic mass is 10.1. The maximum atomic E-state index is 12.2. The van der Waals surface area contributed by atoms with Crippen LogP contribution in [0.5, 0.6) is 0 Å². The summed E-state index contributed by atoms with van der Waals surface area (Å²) in [5, 5.41) is 3.33. The molecule has 1 N–H and O–H groups in total. The number of likely N-dealkylation sites (tertiary alicyclic amines) is 1. The molecule has 1 unspecified atom stereocenters. The van der Waals surface area contributed by atoms with E-state index >= 15 is 0 Å². The summed E-state index contributed by atoms with van der Waals surface area (Å²) in [6.45, 7) is 10.1. The van der Waals surface area contributed by atoms with Crippen molar-refractivity contribution < 1.29 is 4.79 Å². The van der Waals surface area contributed by atoms with E-state index in [1.54, 1.807) is 0 Å². The van der Waals surface area contributed by atoms with Crippen molar-refractivity contribution in [1.82, 2.24) is 15.1 Å². The van der Waals surface area contributed by atoms with Crippen LogP contribution < -0.4 is 5.32 Å². The normalized spacial score (nSPS) is 18.4. The average Bonchev–Trinajstić information content (AvgIpc) is 2.38. The molecule has 1 fully saturated rings. The van der Waals surface area contributed by atoms with Crippen LogP contribution in [0.4, 0.5) is 0 Å². The molecule has 4 nitrogen and oxygen atoms in total. The summed E-state index contributed by atoms with van der Waals surface area (Å²) in [7, 11) is 2.11. The molecule has 0 saturated carbocycles. The fourth-order valence-corrected chi connectivity index (χ4v) is 2.19. The van der Waals surface area contributed by atoms with Crippen molar-refractivity contribution in [3.8, 4) is 0 Å². The van der Waals surface area contributed by atoms with Gasteiger partial charge in [-0.3, -0.25) is 4.79 Å². The fraction of sp³-hybridized carbons (Fsp3) is 0.929. The van der Waals surface area contributed by atoms with Crippen molar-refractivity contribution in [2.24, 2.45) is 0 Å². The zero-order valence-corrected chi connectivity index (χ0v) is 12.4. The number of hydrogen-bond donors (Lipinski definition) is 1. The fourth-order valence-electron chi connectivity index (χ4n) is 2.19. The first-order chi connectivity index (χ1) is 8.52. The van der Waals surface area contributed by atoms with E-state index in [4.69, 9.17) is 0 Å². The first kappa shape index (κ1) is 15.4. The highest BCUT2D eigenvalue weighted by Crippen LogP contribution is 2.09. The number of amides is 1. The van der Waals surface area contributed by atoms with Crippen LogP contribution >= 0.6 is 0 Å². The Kier molecular flexibility index (Phi) is 6.65. The van der Waals surface area contributed by atoms with E-state index in [2.05, 4.69) is 31.1 Å². The summed E-state index contributed by atoms with van der Waals surface area (Å²) in [6, 6.07) is 0.503. The number of rotatable bonds is 6. The third kappa shape index (κ3) is 4.94. The SMILES string of the molecule is CC(NCCN(C)C(C)C)C(=O)N1CCCCC1. The molecule has 0 bridgehead atoms. The number of piperidine rings is 1. The van der Waals surface area contributed by atoms with E-state index < -0.39 is 0 Å². The molecule has 1 aliphatic rings. The third-order valence-corrected chi connectivity index (χ3v) is 3.83. The Morgan fingerprint density at radius 2 is 1.83 bits per heavy atom. The molecule has 0 aromatic rings. The molecule has 0 aromatic heterocycles. The van der Waals surface area contributed by atoms with E-state index in [9.17, 15) is 4.79 Å². The Bertz CT molecular complexity index is 249. The molecule has 1 aliphatic heterocycles. The Balaban J connectivity index is 2.22. The minimum absolute atomic E-state index is 0.0522. The second-order valence-electron chi connectivity index (χ2n) is 5.64. The van der Waals surface area contributed by atoms with Crippen LogP contribution in [-0.2, 0) is 4.79 Å². The summed E-state index contributed by atoms with van der Waals surface area (Å²) in [5.41, 5.74) is 0. The molecule has 1 saturated heterocycles. The van der Waals surface area contributed by atoms with Crippen molar-refractivity contribution in [2.45, 2.75) is 52.1 Å². The van der Waals surface area contributed by atoms with Crippen molar-refractivity contribution in [3.05, 3.63) is 0 Å². The van der Waals surface area contributed by atoms with Gasteiger partial charge in [0.15, 0.2) is 0 Å². The molecule has 0 aromatic carbocycles. The second kappa shape index (κ2) is 7.74. The molecule has 0 spiro atoms. The topological polar surface area (TPSA) is 35.6 Å². The van der Waals surface area contributed by atoms with Crippen LogP contribution in [0, 0.1) is 0 Å². The number of nitrogens with one attached hydrogen (secondary N) is 1. The lowest BCUT2D eigenvalue weighted by molar-refractivity contribution is -0.133. The van der Waals surface area contributed by atoms with Gasteiger partial charge in [-0.2, -0.15) is 0 Å². The Morgan fingerprint density at radius 3 is 2.39 bits per heavy atom. The Labute approximate surface area is 112 Å². The van der Waals surface area contributed by atoms with Crippen molar-refractivity contribution in [1.29, 1.82) is 0 Å². The van der Waals surface area contributed by atoms with Crippen LogP contribution in [0.2, 0.25) is 0 Å². The number of carbonyl (C=O) groups is 1. The van der Waals surface area contributed by atoms with Gasteiger partial charge in [0.2, 0.25) is 5.91 Å². The molecule has 106 valence electrons. The minimum Gasteiger partial charge on any atom is -0.341 e. The van der Waals surface area contributed by atoms with Gasteiger partial charge in [-0.25, -0.2) is 0 Å².